The zero-order chi connectivity index (χ0) is 18.7. The van der Waals surface area contributed by atoms with Crippen molar-refractivity contribution in [2.24, 2.45) is 5.92 Å². The molecule has 0 saturated carbocycles. The third-order valence-electron chi connectivity index (χ3n) is 4.21. The van der Waals surface area contributed by atoms with Crippen LogP contribution in [-0.4, -0.2) is 48.8 Å². The monoisotopic (exact) mass is 391 g/mol. The van der Waals surface area contributed by atoms with Crippen LogP contribution in [0.25, 0.3) is 0 Å². The standard InChI is InChI=1S/C15H25N3O5S2/c1-4-24(19,20)17-14-9-12(23-3)5-6-15(14)25(21,22)18-13-7-8-16-10-11(13)2/h5-6,9,11,13,16-18H,4,7-8,10H2,1-3H3. The molecule has 1 aliphatic rings. The van der Waals surface area contributed by atoms with Gasteiger partial charge < -0.3 is 10.1 Å². The highest BCUT2D eigenvalue weighted by atomic mass is 32.2. The number of benzene rings is 1. The number of anilines is 1. The Morgan fingerprint density at radius 2 is 2.00 bits per heavy atom. The average molecular weight is 392 g/mol. The Morgan fingerprint density at radius 1 is 1.28 bits per heavy atom. The molecule has 3 N–H and O–H groups in total. The first kappa shape index (κ1) is 20.0. The van der Waals surface area contributed by atoms with Crippen LogP contribution < -0.4 is 19.5 Å². The lowest BCUT2D eigenvalue weighted by Crippen LogP contribution is -2.48. The molecule has 0 bridgehead atoms. The molecular formula is C15H25N3O5S2. The molecule has 0 radical (unpaired) electrons. The van der Waals surface area contributed by atoms with E-state index in [4.69, 9.17) is 4.74 Å². The summed E-state index contributed by atoms with van der Waals surface area (Å²) in [4.78, 5) is -0.115. The topological polar surface area (TPSA) is 114 Å². The maximum absolute atomic E-state index is 12.8. The SMILES string of the molecule is CCS(=O)(=O)Nc1cc(OC)ccc1S(=O)(=O)NC1CCNCC1C. The summed E-state index contributed by atoms with van der Waals surface area (Å²) in [5.41, 5.74) is -0.0183. The quantitative estimate of drug-likeness (QED) is 0.632. The molecule has 1 aromatic rings. The summed E-state index contributed by atoms with van der Waals surface area (Å²) in [6.07, 6.45) is 0.673. The predicted octanol–water partition coefficient (Wildman–Crippen LogP) is 0.733. The number of sulfonamides is 2. The molecule has 1 saturated heterocycles. The maximum Gasteiger partial charge on any atom is 0.242 e. The highest BCUT2D eigenvalue weighted by Gasteiger charge is 2.29. The van der Waals surface area contributed by atoms with Crippen LogP contribution in [0, 0.1) is 5.92 Å². The molecule has 2 atom stereocenters. The van der Waals surface area contributed by atoms with Gasteiger partial charge in [0.05, 0.1) is 18.6 Å². The third-order valence-corrected chi connectivity index (χ3v) is 7.05. The molecule has 2 unspecified atom stereocenters. The highest BCUT2D eigenvalue weighted by molar-refractivity contribution is 7.93. The molecule has 1 aromatic carbocycles. The molecule has 1 fully saturated rings. The van der Waals surface area contributed by atoms with Crippen LogP contribution in [-0.2, 0) is 20.0 Å². The van der Waals surface area contributed by atoms with Crippen LogP contribution in [0.15, 0.2) is 23.1 Å². The zero-order valence-electron chi connectivity index (χ0n) is 14.6. The number of nitrogens with one attached hydrogen (secondary N) is 3. The van der Waals surface area contributed by atoms with Crippen LogP contribution in [0.3, 0.4) is 0 Å². The van der Waals surface area contributed by atoms with Gasteiger partial charge >= 0.3 is 0 Å². The molecule has 10 heteroatoms. The summed E-state index contributed by atoms with van der Waals surface area (Å²) in [7, 11) is -6.09. The lowest BCUT2D eigenvalue weighted by Gasteiger charge is -2.30. The van der Waals surface area contributed by atoms with Gasteiger partial charge in [-0.15, -0.1) is 0 Å². The molecule has 0 spiro atoms. The first-order chi connectivity index (χ1) is 11.7. The van der Waals surface area contributed by atoms with E-state index in [-0.39, 0.29) is 28.3 Å². The fourth-order valence-electron chi connectivity index (χ4n) is 2.64. The minimum Gasteiger partial charge on any atom is -0.497 e. The van der Waals surface area contributed by atoms with Gasteiger partial charge in [-0.1, -0.05) is 6.92 Å². The van der Waals surface area contributed by atoms with E-state index >= 15 is 0 Å². The van der Waals surface area contributed by atoms with Crippen molar-refractivity contribution in [1.82, 2.24) is 10.0 Å². The Bertz CT molecular complexity index is 808. The second kappa shape index (κ2) is 7.90. The first-order valence-corrected chi connectivity index (χ1v) is 11.2. The Balaban J connectivity index is 2.38. The predicted molar refractivity (Wildman–Crippen MR) is 96.8 cm³/mol. The van der Waals surface area contributed by atoms with Crippen LogP contribution in [0.5, 0.6) is 5.75 Å². The lowest BCUT2D eigenvalue weighted by atomic mass is 9.97. The van der Waals surface area contributed by atoms with E-state index < -0.39 is 20.0 Å². The summed E-state index contributed by atoms with van der Waals surface area (Å²) >= 11 is 0. The highest BCUT2D eigenvalue weighted by Crippen LogP contribution is 2.28. The second-order valence-corrected chi connectivity index (χ2v) is 9.76. The van der Waals surface area contributed by atoms with Gasteiger partial charge in [-0.25, -0.2) is 21.6 Å². The second-order valence-electron chi connectivity index (χ2n) is 6.07. The van der Waals surface area contributed by atoms with Crippen molar-refractivity contribution in [1.29, 1.82) is 0 Å². The summed E-state index contributed by atoms with van der Waals surface area (Å²) in [6.45, 7) is 4.90. The molecule has 1 aliphatic heterocycles. The fourth-order valence-corrected chi connectivity index (χ4v) is 4.88. The number of hydrogen-bond acceptors (Lipinski definition) is 6. The van der Waals surface area contributed by atoms with Crippen molar-refractivity contribution in [3.63, 3.8) is 0 Å². The van der Waals surface area contributed by atoms with E-state index in [9.17, 15) is 16.8 Å². The molecule has 0 amide bonds. The summed E-state index contributed by atoms with van der Waals surface area (Å²) in [5.74, 6) is 0.336. The molecule has 2 rings (SSSR count). The van der Waals surface area contributed by atoms with E-state index in [1.807, 2.05) is 6.92 Å². The minimum atomic E-state index is -3.89. The Hall–Kier alpha value is -1.36. The summed E-state index contributed by atoms with van der Waals surface area (Å²) in [6, 6.07) is 4.00. The molecule has 142 valence electrons. The van der Waals surface area contributed by atoms with Crippen molar-refractivity contribution in [3.8, 4) is 5.75 Å². The number of ether oxygens (including phenoxy) is 1. The molecular weight excluding hydrogens is 366 g/mol. The lowest BCUT2D eigenvalue weighted by molar-refractivity contribution is 0.328. The van der Waals surface area contributed by atoms with Gasteiger partial charge in [0.1, 0.15) is 10.6 Å². The zero-order valence-corrected chi connectivity index (χ0v) is 16.2. The van der Waals surface area contributed by atoms with E-state index in [2.05, 4.69) is 14.8 Å². The molecule has 25 heavy (non-hydrogen) atoms. The van der Waals surface area contributed by atoms with Crippen LogP contribution in [0.1, 0.15) is 20.3 Å². The largest absolute Gasteiger partial charge is 0.497 e. The minimum absolute atomic E-state index is 0.0183. The number of hydrogen-bond donors (Lipinski definition) is 3. The number of rotatable bonds is 7. The molecule has 1 heterocycles. The molecule has 0 aliphatic carbocycles. The Kier molecular flexibility index (Phi) is 6.30. The van der Waals surface area contributed by atoms with Crippen molar-refractivity contribution in [2.45, 2.75) is 31.2 Å². The normalized spacial score (nSPS) is 21.7. The van der Waals surface area contributed by atoms with Crippen LogP contribution >= 0.6 is 0 Å². The summed E-state index contributed by atoms with van der Waals surface area (Å²) in [5, 5.41) is 3.21. The van der Waals surface area contributed by atoms with Gasteiger partial charge in [0.15, 0.2) is 0 Å². The fraction of sp³-hybridized carbons (Fsp3) is 0.600. The molecule has 0 aromatic heterocycles. The number of piperidine rings is 1. The maximum atomic E-state index is 12.8. The van der Waals surface area contributed by atoms with Gasteiger partial charge in [-0.3, -0.25) is 4.72 Å². The van der Waals surface area contributed by atoms with E-state index in [0.717, 1.165) is 13.1 Å². The van der Waals surface area contributed by atoms with Gasteiger partial charge in [-0.2, -0.15) is 0 Å². The third kappa shape index (κ3) is 5.06. The average Bonchev–Trinajstić information content (AvgIpc) is 2.56. The van der Waals surface area contributed by atoms with Crippen molar-refractivity contribution < 1.29 is 21.6 Å². The Labute approximate surface area is 149 Å². The van der Waals surface area contributed by atoms with Gasteiger partial charge in [-0.05, 0) is 44.5 Å². The van der Waals surface area contributed by atoms with Crippen molar-refractivity contribution in [3.05, 3.63) is 18.2 Å². The van der Waals surface area contributed by atoms with E-state index in [0.29, 0.717) is 12.2 Å². The first-order valence-electron chi connectivity index (χ1n) is 8.10. The number of methoxy groups -OCH3 is 1. The van der Waals surface area contributed by atoms with Gasteiger partial charge in [0.2, 0.25) is 20.0 Å². The molecule has 8 nitrogen and oxygen atoms in total. The smallest absolute Gasteiger partial charge is 0.242 e. The summed E-state index contributed by atoms with van der Waals surface area (Å²) < 4.78 is 59.6. The van der Waals surface area contributed by atoms with Crippen molar-refractivity contribution >= 4 is 25.7 Å². The van der Waals surface area contributed by atoms with Crippen LogP contribution in [0.2, 0.25) is 0 Å². The van der Waals surface area contributed by atoms with E-state index in [1.165, 1.54) is 32.2 Å². The van der Waals surface area contributed by atoms with Gasteiger partial charge in [0, 0.05) is 12.1 Å². The van der Waals surface area contributed by atoms with Gasteiger partial charge in [0.25, 0.3) is 0 Å². The van der Waals surface area contributed by atoms with Crippen LogP contribution in [0.4, 0.5) is 5.69 Å². The van der Waals surface area contributed by atoms with E-state index in [1.54, 1.807) is 0 Å². The van der Waals surface area contributed by atoms with Crippen molar-refractivity contribution in [2.75, 3.05) is 30.7 Å². The Morgan fingerprint density at radius 3 is 2.60 bits per heavy atom.